The number of hydrogen-bond acceptors (Lipinski definition) is 1. The van der Waals surface area contributed by atoms with E-state index < -0.39 is 0 Å². The predicted octanol–water partition coefficient (Wildman–Crippen LogP) is 3.35. The van der Waals surface area contributed by atoms with Crippen LogP contribution < -0.4 is 5.73 Å². The second-order valence-electron chi connectivity index (χ2n) is 4.80. The third-order valence-electron chi connectivity index (χ3n) is 3.67. The lowest BCUT2D eigenvalue weighted by molar-refractivity contribution is 0.829. The van der Waals surface area contributed by atoms with Crippen LogP contribution in [0.25, 0.3) is 22.0 Å². The van der Waals surface area contributed by atoms with Gasteiger partial charge < -0.3 is 10.3 Å². The Kier molecular flexibility index (Phi) is 3.10. The minimum absolute atomic E-state index is 0.671. The zero-order chi connectivity index (χ0) is 13.2. The quantitative estimate of drug-likeness (QED) is 0.759. The van der Waals surface area contributed by atoms with Crippen molar-refractivity contribution in [1.82, 2.24) is 4.57 Å². The maximum Gasteiger partial charge on any atom is 0.0486 e. The molecule has 2 aromatic carbocycles. The fourth-order valence-electron chi connectivity index (χ4n) is 2.80. The molecule has 0 bridgehead atoms. The van der Waals surface area contributed by atoms with E-state index in [1.165, 1.54) is 27.7 Å². The molecule has 2 heteroatoms. The maximum atomic E-state index is 5.78. The molecule has 2 nitrogen and oxygen atoms in total. The fraction of sp³-hybridized carbons (Fsp3) is 0.176. The van der Waals surface area contributed by atoms with Gasteiger partial charge >= 0.3 is 0 Å². The molecule has 0 saturated carbocycles. The molecule has 0 aliphatic carbocycles. The molecular formula is C17H18N2. The minimum Gasteiger partial charge on any atom is -0.347 e. The standard InChI is InChI=1S/C17H18N2/c1-19-15-10-6-5-9-14(15)17(16(19)11-12-18)13-7-3-2-4-8-13/h2-10H,11-12,18H2,1H3. The van der Waals surface area contributed by atoms with Crippen molar-refractivity contribution >= 4 is 10.9 Å². The van der Waals surface area contributed by atoms with Gasteiger partial charge in [-0.05, 0) is 18.2 Å². The van der Waals surface area contributed by atoms with E-state index in [1.54, 1.807) is 0 Å². The average molecular weight is 250 g/mol. The van der Waals surface area contributed by atoms with E-state index in [9.17, 15) is 0 Å². The number of hydrogen-bond donors (Lipinski definition) is 1. The summed E-state index contributed by atoms with van der Waals surface area (Å²) in [6.45, 7) is 0.671. The number of aryl methyl sites for hydroxylation is 1. The molecule has 0 unspecified atom stereocenters. The van der Waals surface area contributed by atoms with Crippen molar-refractivity contribution in [3.63, 3.8) is 0 Å². The van der Waals surface area contributed by atoms with Crippen molar-refractivity contribution in [1.29, 1.82) is 0 Å². The summed E-state index contributed by atoms with van der Waals surface area (Å²) in [5.41, 5.74) is 11.0. The topological polar surface area (TPSA) is 30.9 Å². The van der Waals surface area contributed by atoms with Crippen molar-refractivity contribution in [2.24, 2.45) is 12.8 Å². The maximum absolute atomic E-state index is 5.78. The summed E-state index contributed by atoms with van der Waals surface area (Å²) in [6.07, 6.45) is 0.898. The Morgan fingerprint density at radius 2 is 1.63 bits per heavy atom. The molecule has 1 heterocycles. The van der Waals surface area contributed by atoms with E-state index >= 15 is 0 Å². The second-order valence-corrected chi connectivity index (χ2v) is 4.80. The van der Waals surface area contributed by atoms with Crippen molar-refractivity contribution in [3.8, 4) is 11.1 Å². The van der Waals surface area contributed by atoms with Gasteiger partial charge in [0.2, 0.25) is 0 Å². The zero-order valence-corrected chi connectivity index (χ0v) is 11.1. The molecular weight excluding hydrogens is 232 g/mol. The molecule has 0 amide bonds. The summed E-state index contributed by atoms with van der Waals surface area (Å²) >= 11 is 0. The summed E-state index contributed by atoms with van der Waals surface area (Å²) in [4.78, 5) is 0. The van der Waals surface area contributed by atoms with Crippen LogP contribution in [-0.2, 0) is 13.5 Å². The molecule has 0 spiro atoms. The lowest BCUT2D eigenvalue weighted by Gasteiger charge is -2.07. The van der Waals surface area contributed by atoms with E-state index in [2.05, 4.69) is 66.2 Å². The Morgan fingerprint density at radius 1 is 0.947 bits per heavy atom. The molecule has 96 valence electrons. The van der Waals surface area contributed by atoms with E-state index in [1.807, 2.05) is 0 Å². The van der Waals surface area contributed by atoms with Crippen LogP contribution in [0, 0.1) is 0 Å². The first-order valence-electron chi connectivity index (χ1n) is 6.64. The Hall–Kier alpha value is -2.06. The van der Waals surface area contributed by atoms with Crippen molar-refractivity contribution in [3.05, 3.63) is 60.3 Å². The van der Waals surface area contributed by atoms with Crippen LogP contribution >= 0.6 is 0 Å². The summed E-state index contributed by atoms with van der Waals surface area (Å²) in [5, 5.41) is 1.31. The van der Waals surface area contributed by atoms with Gasteiger partial charge in [0.15, 0.2) is 0 Å². The number of nitrogens with two attached hydrogens (primary N) is 1. The molecule has 3 rings (SSSR count). The molecule has 2 N–H and O–H groups in total. The van der Waals surface area contributed by atoms with Crippen molar-refractivity contribution in [2.75, 3.05) is 6.54 Å². The molecule has 1 aromatic heterocycles. The molecule has 0 radical (unpaired) electrons. The van der Waals surface area contributed by atoms with Gasteiger partial charge in [-0.25, -0.2) is 0 Å². The van der Waals surface area contributed by atoms with Gasteiger partial charge in [-0.2, -0.15) is 0 Å². The van der Waals surface area contributed by atoms with Crippen LogP contribution in [0.1, 0.15) is 5.69 Å². The highest BCUT2D eigenvalue weighted by Crippen LogP contribution is 2.34. The predicted molar refractivity (Wildman–Crippen MR) is 81.1 cm³/mol. The molecule has 0 aliphatic rings. The second kappa shape index (κ2) is 4.90. The van der Waals surface area contributed by atoms with Crippen LogP contribution in [0.5, 0.6) is 0 Å². The third kappa shape index (κ3) is 1.94. The monoisotopic (exact) mass is 250 g/mol. The molecule has 19 heavy (non-hydrogen) atoms. The summed E-state index contributed by atoms with van der Waals surface area (Å²) in [7, 11) is 2.12. The van der Waals surface area contributed by atoms with Crippen LogP contribution in [0.2, 0.25) is 0 Å². The van der Waals surface area contributed by atoms with Gasteiger partial charge in [0.25, 0.3) is 0 Å². The van der Waals surface area contributed by atoms with E-state index in [-0.39, 0.29) is 0 Å². The molecule has 0 fully saturated rings. The first kappa shape index (κ1) is 12.0. The van der Waals surface area contributed by atoms with Crippen LogP contribution in [0.15, 0.2) is 54.6 Å². The van der Waals surface area contributed by atoms with Gasteiger partial charge in [-0.1, -0.05) is 48.5 Å². The summed E-state index contributed by atoms with van der Waals surface area (Å²) in [5.74, 6) is 0. The Morgan fingerprint density at radius 3 is 2.37 bits per heavy atom. The van der Waals surface area contributed by atoms with Crippen molar-refractivity contribution in [2.45, 2.75) is 6.42 Å². The van der Waals surface area contributed by atoms with Crippen LogP contribution in [-0.4, -0.2) is 11.1 Å². The highest BCUT2D eigenvalue weighted by atomic mass is 15.0. The summed E-state index contributed by atoms with van der Waals surface area (Å²) < 4.78 is 2.27. The smallest absolute Gasteiger partial charge is 0.0486 e. The first-order valence-corrected chi connectivity index (χ1v) is 6.64. The number of benzene rings is 2. The number of nitrogens with zero attached hydrogens (tertiary/aromatic N) is 1. The molecule has 0 aliphatic heterocycles. The van der Waals surface area contributed by atoms with Gasteiger partial charge in [-0.15, -0.1) is 0 Å². The molecule has 0 atom stereocenters. The van der Waals surface area contributed by atoms with E-state index in [4.69, 9.17) is 5.73 Å². The number of rotatable bonds is 3. The number of aromatic nitrogens is 1. The van der Waals surface area contributed by atoms with E-state index in [0.717, 1.165) is 6.42 Å². The van der Waals surface area contributed by atoms with Gasteiger partial charge in [0.1, 0.15) is 0 Å². The average Bonchev–Trinajstić information content (AvgIpc) is 2.74. The fourth-order valence-corrected chi connectivity index (χ4v) is 2.80. The zero-order valence-electron chi connectivity index (χ0n) is 11.1. The Bertz CT molecular complexity index is 696. The third-order valence-corrected chi connectivity index (χ3v) is 3.67. The number of fused-ring (bicyclic) bond motifs is 1. The van der Waals surface area contributed by atoms with Crippen LogP contribution in [0.4, 0.5) is 0 Å². The van der Waals surface area contributed by atoms with Crippen molar-refractivity contribution < 1.29 is 0 Å². The minimum atomic E-state index is 0.671. The Labute approximate surface area is 113 Å². The summed E-state index contributed by atoms with van der Waals surface area (Å²) in [6, 6.07) is 19.1. The highest BCUT2D eigenvalue weighted by molar-refractivity contribution is 5.98. The molecule has 3 aromatic rings. The first-order chi connectivity index (χ1) is 9.33. The lowest BCUT2D eigenvalue weighted by atomic mass is 10.0. The lowest BCUT2D eigenvalue weighted by Crippen LogP contribution is -2.07. The van der Waals surface area contributed by atoms with Gasteiger partial charge in [0, 0.05) is 35.6 Å². The SMILES string of the molecule is Cn1c(CCN)c(-c2ccccc2)c2ccccc21. The largest absolute Gasteiger partial charge is 0.347 e. The molecule has 0 saturated heterocycles. The number of para-hydroxylation sites is 1. The Balaban J connectivity index is 2.35. The van der Waals surface area contributed by atoms with E-state index in [0.29, 0.717) is 6.54 Å². The van der Waals surface area contributed by atoms with Gasteiger partial charge in [-0.3, -0.25) is 0 Å². The highest BCUT2D eigenvalue weighted by Gasteiger charge is 2.15. The van der Waals surface area contributed by atoms with Crippen LogP contribution in [0.3, 0.4) is 0 Å². The van der Waals surface area contributed by atoms with Gasteiger partial charge in [0.05, 0.1) is 0 Å². The normalized spacial score (nSPS) is 11.1.